The van der Waals surface area contributed by atoms with Gasteiger partial charge in [-0.1, -0.05) is 34.1 Å². The first-order valence-corrected chi connectivity index (χ1v) is 8.81. The van der Waals surface area contributed by atoms with Gasteiger partial charge in [0, 0.05) is 29.7 Å². The maximum atomic E-state index is 12.4. The zero-order valence-electron chi connectivity index (χ0n) is 13.9. The van der Waals surface area contributed by atoms with E-state index in [2.05, 4.69) is 21.2 Å². The molecule has 0 aliphatic carbocycles. The number of methoxy groups -OCH3 is 1. The van der Waals surface area contributed by atoms with Gasteiger partial charge < -0.3 is 15.0 Å². The fourth-order valence-corrected chi connectivity index (χ4v) is 3.26. The number of carbonyl (C=O) groups is 2. The summed E-state index contributed by atoms with van der Waals surface area (Å²) in [5, 5.41) is 2.88. The van der Waals surface area contributed by atoms with E-state index in [9.17, 15) is 9.59 Å². The number of hydrogen-bond donors (Lipinski definition) is 1. The molecule has 0 saturated carbocycles. The van der Waals surface area contributed by atoms with Crippen LogP contribution in [-0.2, 0) is 16.1 Å². The summed E-state index contributed by atoms with van der Waals surface area (Å²) in [7, 11) is 1.62. The summed E-state index contributed by atoms with van der Waals surface area (Å²) in [5.41, 5.74) is 1.74. The quantitative estimate of drug-likeness (QED) is 0.832. The molecule has 25 heavy (non-hydrogen) atoms. The van der Waals surface area contributed by atoms with Gasteiger partial charge in [-0.3, -0.25) is 9.59 Å². The van der Waals surface area contributed by atoms with Crippen LogP contribution in [0.25, 0.3) is 0 Å². The average Bonchev–Trinajstić information content (AvgIpc) is 2.96. The fourth-order valence-electron chi connectivity index (χ4n) is 2.86. The van der Waals surface area contributed by atoms with Crippen LogP contribution in [0, 0.1) is 5.92 Å². The topological polar surface area (TPSA) is 58.6 Å². The molecule has 0 bridgehead atoms. The van der Waals surface area contributed by atoms with E-state index in [-0.39, 0.29) is 24.2 Å². The highest BCUT2D eigenvalue weighted by Gasteiger charge is 2.34. The molecule has 1 saturated heterocycles. The smallest absolute Gasteiger partial charge is 0.229 e. The summed E-state index contributed by atoms with van der Waals surface area (Å²) in [6, 6.07) is 15.0. The normalized spacial score (nSPS) is 16.8. The third-order valence-electron chi connectivity index (χ3n) is 4.21. The Kier molecular flexibility index (Phi) is 5.38. The van der Waals surface area contributed by atoms with Crippen LogP contribution in [0.15, 0.2) is 53.0 Å². The van der Waals surface area contributed by atoms with Crippen molar-refractivity contribution in [3.63, 3.8) is 0 Å². The van der Waals surface area contributed by atoms with Crippen molar-refractivity contribution in [3.8, 4) is 5.75 Å². The van der Waals surface area contributed by atoms with Gasteiger partial charge in [-0.15, -0.1) is 0 Å². The fraction of sp³-hybridized carbons (Fsp3) is 0.263. The van der Waals surface area contributed by atoms with E-state index in [0.29, 0.717) is 13.1 Å². The van der Waals surface area contributed by atoms with Gasteiger partial charge in [0.1, 0.15) is 5.75 Å². The zero-order valence-corrected chi connectivity index (χ0v) is 15.5. The van der Waals surface area contributed by atoms with Crippen molar-refractivity contribution >= 4 is 33.4 Å². The molecule has 1 fully saturated rings. The van der Waals surface area contributed by atoms with Crippen molar-refractivity contribution < 1.29 is 14.3 Å². The number of nitrogens with one attached hydrogen (secondary N) is 1. The van der Waals surface area contributed by atoms with Crippen LogP contribution in [0.1, 0.15) is 12.0 Å². The number of ether oxygens (including phenoxy) is 1. The molecule has 1 aliphatic rings. The molecule has 0 aromatic heterocycles. The monoisotopic (exact) mass is 402 g/mol. The first-order valence-electron chi connectivity index (χ1n) is 8.02. The summed E-state index contributed by atoms with van der Waals surface area (Å²) in [4.78, 5) is 26.4. The molecule has 0 unspecified atom stereocenters. The Morgan fingerprint density at radius 3 is 2.72 bits per heavy atom. The van der Waals surface area contributed by atoms with Gasteiger partial charge in [-0.05, 0) is 35.9 Å². The molecular weight excluding hydrogens is 384 g/mol. The molecule has 0 spiro atoms. The Labute approximate surface area is 155 Å². The molecule has 1 atom stereocenters. The number of nitrogens with zero attached hydrogens (tertiary/aromatic N) is 1. The van der Waals surface area contributed by atoms with E-state index in [1.807, 2.05) is 48.5 Å². The van der Waals surface area contributed by atoms with Crippen LogP contribution < -0.4 is 10.1 Å². The minimum absolute atomic E-state index is 0.00482. The Balaban J connectivity index is 1.60. The standard InChI is InChI=1S/C19H19BrN2O3/c1-25-17-7-5-13(6-8-17)11-22-12-14(9-18(22)23)19(24)21-16-4-2-3-15(20)10-16/h2-8,10,14H,9,11-12H2,1H3,(H,21,24)/t14-/m1/s1. The molecule has 1 N–H and O–H groups in total. The lowest BCUT2D eigenvalue weighted by molar-refractivity contribution is -0.128. The van der Waals surface area contributed by atoms with E-state index in [1.165, 1.54) is 0 Å². The second-order valence-electron chi connectivity index (χ2n) is 6.02. The van der Waals surface area contributed by atoms with Crippen molar-refractivity contribution in [3.05, 3.63) is 58.6 Å². The highest BCUT2D eigenvalue weighted by atomic mass is 79.9. The van der Waals surface area contributed by atoms with Crippen molar-refractivity contribution in [1.29, 1.82) is 0 Å². The van der Waals surface area contributed by atoms with E-state index >= 15 is 0 Å². The molecule has 1 heterocycles. The molecule has 1 aliphatic heterocycles. The number of anilines is 1. The summed E-state index contributed by atoms with van der Waals surface area (Å²) in [6.07, 6.45) is 0.246. The Bertz CT molecular complexity index is 776. The molecule has 3 rings (SSSR count). The van der Waals surface area contributed by atoms with Crippen molar-refractivity contribution in [2.24, 2.45) is 5.92 Å². The van der Waals surface area contributed by atoms with E-state index < -0.39 is 0 Å². The van der Waals surface area contributed by atoms with Crippen LogP contribution in [0.5, 0.6) is 5.75 Å². The highest BCUT2D eigenvalue weighted by molar-refractivity contribution is 9.10. The number of rotatable bonds is 5. The lowest BCUT2D eigenvalue weighted by Gasteiger charge is -2.17. The SMILES string of the molecule is COc1ccc(CN2C[C@H](C(=O)Nc3cccc(Br)c3)CC2=O)cc1. The lowest BCUT2D eigenvalue weighted by Crippen LogP contribution is -2.28. The van der Waals surface area contributed by atoms with Gasteiger partial charge in [0.15, 0.2) is 0 Å². The Hall–Kier alpha value is -2.34. The Morgan fingerprint density at radius 1 is 1.28 bits per heavy atom. The van der Waals surface area contributed by atoms with E-state index in [1.54, 1.807) is 12.0 Å². The number of likely N-dealkylation sites (tertiary alicyclic amines) is 1. The van der Waals surface area contributed by atoms with Gasteiger partial charge >= 0.3 is 0 Å². The molecule has 130 valence electrons. The van der Waals surface area contributed by atoms with Gasteiger partial charge in [-0.2, -0.15) is 0 Å². The molecule has 2 amide bonds. The first-order chi connectivity index (χ1) is 12.0. The van der Waals surface area contributed by atoms with Crippen LogP contribution in [0.4, 0.5) is 5.69 Å². The largest absolute Gasteiger partial charge is 0.497 e. The van der Waals surface area contributed by atoms with Crippen LogP contribution in [-0.4, -0.2) is 30.4 Å². The first kappa shape index (κ1) is 17.5. The van der Waals surface area contributed by atoms with Gasteiger partial charge in [-0.25, -0.2) is 0 Å². The third kappa shape index (κ3) is 4.39. The Morgan fingerprint density at radius 2 is 2.04 bits per heavy atom. The lowest BCUT2D eigenvalue weighted by atomic mass is 10.1. The molecule has 0 radical (unpaired) electrons. The molecular formula is C19H19BrN2O3. The zero-order chi connectivity index (χ0) is 17.8. The van der Waals surface area contributed by atoms with Gasteiger partial charge in [0.25, 0.3) is 0 Å². The summed E-state index contributed by atoms with van der Waals surface area (Å²) < 4.78 is 6.03. The number of hydrogen-bond acceptors (Lipinski definition) is 3. The second-order valence-corrected chi connectivity index (χ2v) is 6.94. The number of carbonyl (C=O) groups excluding carboxylic acids is 2. The summed E-state index contributed by atoms with van der Waals surface area (Å²) in [5.74, 6) is 0.335. The van der Waals surface area contributed by atoms with Crippen molar-refractivity contribution in [2.75, 3.05) is 19.0 Å². The van der Waals surface area contributed by atoms with Gasteiger partial charge in [0.05, 0.1) is 13.0 Å². The second kappa shape index (κ2) is 7.70. The maximum Gasteiger partial charge on any atom is 0.229 e. The predicted molar refractivity (Wildman–Crippen MR) is 99.3 cm³/mol. The van der Waals surface area contributed by atoms with E-state index in [0.717, 1.165) is 21.5 Å². The average molecular weight is 403 g/mol. The molecule has 2 aromatic rings. The van der Waals surface area contributed by atoms with Crippen LogP contribution in [0.2, 0.25) is 0 Å². The molecule has 2 aromatic carbocycles. The third-order valence-corrected chi connectivity index (χ3v) is 4.70. The van der Waals surface area contributed by atoms with Gasteiger partial charge in [0.2, 0.25) is 11.8 Å². The summed E-state index contributed by atoms with van der Waals surface area (Å²) >= 11 is 3.38. The van der Waals surface area contributed by atoms with Crippen LogP contribution >= 0.6 is 15.9 Å². The van der Waals surface area contributed by atoms with E-state index in [4.69, 9.17) is 4.74 Å². The number of benzene rings is 2. The predicted octanol–water partition coefficient (Wildman–Crippen LogP) is 3.44. The highest BCUT2D eigenvalue weighted by Crippen LogP contribution is 2.23. The molecule has 5 nitrogen and oxygen atoms in total. The summed E-state index contributed by atoms with van der Waals surface area (Å²) in [6.45, 7) is 0.939. The minimum atomic E-state index is -0.329. The minimum Gasteiger partial charge on any atom is -0.497 e. The maximum absolute atomic E-state index is 12.4. The van der Waals surface area contributed by atoms with Crippen molar-refractivity contribution in [1.82, 2.24) is 4.90 Å². The number of amides is 2. The van der Waals surface area contributed by atoms with Crippen molar-refractivity contribution in [2.45, 2.75) is 13.0 Å². The number of halogens is 1. The molecule has 6 heteroatoms. The van der Waals surface area contributed by atoms with Crippen LogP contribution in [0.3, 0.4) is 0 Å².